The number of rotatable bonds is 8. The standard InChI is InChI=1S/C17H16F3NO3S/c1-23-14-7-2-11(8-15(14)24-17(19)20)9-21-16(22)10-25-13-5-3-12(18)4-6-13/h2-8,17H,9-10H2,1H3,(H,21,22). The zero-order valence-electron chi connectivity index (χ0n) is 13.3. The van der Waals surface area contributed by atoms with E-state index in [9.17, 15) is 18.0 Å². The van der Waals surface area contributed by atoms with Gasteiger partial charge in [0.2, 0.25) is 5.91 Å². The van der Waals surface area contributed by atoms with Crippen LogP contribution in [0, 0.1) is 5.82 Å². The topological polar surface area (TPSA) is 47.6 Å². The molecule has 0 radical (unpaired) electrons. The molecule has 134 valence electrons. The highest BCUT2D eigenvalue weighted by Crippen LogP contribution is 2.29. The van der Waals surface area contributed by atoms with Gasteiger partial charge in [-0.25, -0.2) is 4.39 Å². The van der Waals surface area contributed by atoms with Gasteiger partial charge in [-0.05, 0) is 42.0 Å². The lowest BCUT2D eigenvalue weighted by Crippen LogP contribution is -2.24. The first kappa shape index (κ1) is 19.0. The van der Waals surface area contributed by atoms with Crippen LogP contribution in [0.3, 0.4) is 0 Å². The van der Waals surface area contributed by atoms with Crippen molar-refractivity contribution in [3.63, 3.8) is 0 Å². The number of benzene rings is 2. The predicted octanol–water partition coefficient (Wildman–Crippen LogP) is 3.84. The van der Waals surface area contributed by atoms with Crippen molar-refractivity contribution >= 4 is 17.7 Å². The summed E-state index contributed by atoms with van der Waals surface area (Å²) >= 11 is 1.27. The molecule has 0 aliphatic carbocycles. The molecule has 0 aromatic heterocycles. The van der Waals surface area contributed by atoms with Gasteiger partial charge in [-0.3, -0.25) is 4.79 Å². The molecule has 2 aromatic carbocycles. The lowest BCUT2D eigenvalue weighted by Gasteiger charge is -2.12. The van der Waals surface area contributed by atoms with E-state index in [1.54, 1.807) is 18.2 Å². The lowest BCUT2D eigenvalue weighted by molar-refractivity contribution is -0.118. The largest absolute Gasteiger partial charge is 0.493 e. The zero-order valence-corrected chi connectivity index (χ0v) is 14.1. The Balaban J connectivity index is 1.87. The molecular weight excluding hydrogens is 355 g/mol. The van der Waals surface area contributed by atoms with Gasteiger partial charge in [0.25, 0.3) is 0 Å². The molecule has 0 bridgehead atoms. The molecule has 1 N–H and O–H groups in total. The average Bonchev–Trinajstić information content (AvgIpc) is 2.59. The van der Waals surface area contributed by atoms with Gasteiger partial charge in [0.1, 0.15) is 5.82 Å². The van der Waals surface area contributed by atoms with Crippen molar-refractivity contribution in [3.05, 3.63) is 53.8 Å². The molecule has 0 unspecified atom stereocenters. The number of methoxy groups -OCH3 is 1. The van der Waals surface area contributed by atoms with E-state index >= 15 is 0 Å². The van der Waals surface area contributed by atoms with Crippen molar-refractivity contribution in [1.29, 1.82) is 0 Å². The molecule has 2 aromatic rings. The molecule has 0 atom stereocenters. The van der Waals surface area contributed by atoms with Crippen LogP contribution in [0.2, 0.25) is 0 Å². The molecule has 0 saturated heterocycles. The van der Waals surface area contributed by atoms with Crippen molar-refractivity contribution in [2.24, 2.45) is 0 Å². The Bertz CT molecular complexity index is 711. The highest BCUT2D eigenvalue weighted by atomic mass is 32.2. The second-order valence-electron chi connectivity index (χ2n) is 4.88. The van der Waals surface area contributed by atoms with Crippen LogP contribution >= 0.6 is 11.8 Å². The number of carbonyl (C=O) groups excluding carboxylic acids is 1. The van der Waals surface area contributed by atoms with E-state index in [0.717, 1.165) is 4.90 Å². The molecule has 0 aliphatic heterocycles. The summed E-state index contributed by atoms with van der Waals surface area (Å²) in [4.78, 5) is 12.6. The second-order valence-corrected chi connectivity index (χ2v) is 5.93. The van der Waals surface area contributed by atoms with Gasteiger partial charge in [-0.15, -0.1) is 11.8 Å². The summed E-state index contributed by atoms with van der Waals surface area (Å²) in [5.41, 5.74) is 0.594. The zero-order chi connectivity index (χ0) is 18.2. The Morgan fingerprint density at radius 2 is 1.88 bits per heavy atom. The van der Waals surface area contributed by atoms with E-state index in [1.165, 1.54) is 43.1 Å². The first-order chi connectivity index (χ1) is 12.0. The summed E-state index contributed by atoms with van der Waals surface area (Å²) in [6.45, 7) is -2.81. The molecule has 0 saturated carbocycles. The first-order valence-corrected chi connectivity index (χ1v) is 8.23. The fourth-order valence-electron chi connectivity index (χ4n) is 1.95. The van der Waals surface area contributed by atoms with Gasteiger partial charge in [0.05, 0.1) is 12.9 Å². The minimum absolute atomic E-state index is 0.0927. The van der Waals surface area contributed by atoms with E-state index in [-0.39, 0.29) is 35.5 Å². The van der Waals surface area contributed by atoms with Crippen molar-refractivity contribution in [1.82, 2.24) is 5.32 Å². The van der Waals surface area contributed by atoms with Crippen molar-refractivity contribution in [2.45, 2.75) is 18.1 Å². The maximum atomic E-state index is 12.8. The molecular formula is C17H16F3NO3S. The Hall–Kier alpha value is -2.35. The van der Waals surface area contributed by atoms with Crippen molar-refractivity contribution in [2.75, 3.05) is 12.9 Å². The summed E-state index contributed by atoms with van der Waals surface area (Å²) in [6.07, 6.45) is 0. The number of amides is 1. The highest BCUT2D eigenvalue weighted by Gasteiger charge is 2.12. The van der Waals surface area contributed by atoms with Crippen LogP contribution in [0.15, 0.2) is 47.4 Å². The van der Waals surface area contributed by atoms with E-state index in [2.05, 4.69) is 10.1 Å². The number of thioether (sulfide) groups is 1. The normalized spacial score (nSPS) is 10.6. The van der Waals surface area contributed by atoms with E-state index in [0.29, 0.717) is 5.56 Å². The van der Waals surface area contributed by atoms with Gasteiger partial charge in [0, 0.05) is 11.4 Å². The van der Waals surface area contributed by atoms with Gasteiger partial charge < -0.3 is 14.8 Å². The van der Waals surface area contributed by atoms with Crippen LogP contribution in [-0.2, 0) is 11.3 Å². The Morgan fingerprint density at radius 1 is 1.16 bits per heavy atom. The monoisotopic (exact) mass is 371 g/mol. The van der Waals surface area contributed by atoms with Crippen LogP contribution in [0.5, 0.6) is 11.5 Å². The molecule has 0 aliphatic rings. The van der Waals surface area contributed by atoms with E-state index < -0.39 is 6.61 Å². The van der Waals surface area contributed by atoms with Gasteiger partial charge in [0.15, 0.2) is 11.5 Å². The smallest absolute Gasteiger partial charge is 0.387 e. The van der Waals surface area contributed by atoms with Gasteiger partial charge in [-0.2, -0.15) is 8.78 Å². The van der Waals surface area contributed by atoms with Crippen LogP contribution in [-0.4, -0.2) is 25.4 Å². The van der Waals surface area contributed by atoms with Gasteiger partial charge >= 0.3 is 6.61 Å². The SMILES string of the molecule is COc1ccc(CNC(=O)CSc2ccc(F)cc2)cc1OC(F)F. The summed E-state index contributed by atoms with van der Waals surface area (Å²) in [5, 5.41) is 2.68. The van der Waals surface area contributed by atoms with Gasteiger partial charge in [-0.1, -0.05) is 6.07 Å². The first-order valence-electron chi connectivity index (χ1n) is 7.24. The maximum absolute atomic E-state index is 12.8. The van der Waals surface area contributed by atoms with E-state index in [4.69, 9.17) is 4.74 Å². The molecule has 0 fully saturated rings. The van der Waals surface area contributed by atoms with Crippen LogP contribution in [0.1, 0.15) is 5.56 Å². The third-order valence-electron chi connectivity index (χ3n) is 3.12. The van der Waals surface area contributed by atoms with Crippen LogP contribution in [0.4, 0.5) is 13.2 Å². The Kier molecular flexibility index (Phi) is 7.00. The quantitative estimate of drug-likeness (QED) is 0.716. The number of carbonyl (C=O) groups is 1. The fourth-order valence-corrected chi connectivity index (χ4v) is 2.68. The highest BCUT2D eigenvalue weighted by molar-refractivity contribution is 8.00. The average molecular weight is 371 g/mol. The number of hydrogen-bond acceptors (Lipinski definition) is 4. The molecule has 25 heavy (non-hydrogen) atoms. The predicted molar refractivity (Wildman–Crippen MR) is 88.6 cm³/mol. The number of ether oxygens (including phenoxy) is 2. The molecule has 8 heteroatoms. The number of hydrogen-bond donors (Lipinski definition) is 1. The molecule has 0 spiro atoms. The Morgan fingerprint density at radius 3 is 2.52 bits per heavy atom. The third kappa shape index (κ3) is 6.22. The molecule has 2 rings (SSSR count). The van der Waals surface area contributed by atoms with Crippen LogP contribution < -0.4 is 14.8 Å². The number of halogens is 3. The second kappa shape index (κ2) is 9.22. The summed E-state index contributed by atoms with van der Waals surface area (Å²) in [6, 6.07) is 10.3. The Labute approximate surface area is 147 Å². The maximum Gasteiger partial charge on any atom is 0.387 e. The molecule has 1 amide bonds. The van der Waals surface area contributed by atoms with Crippen LogP contribution in [0.25, 0.3) is 0 Å². The molecule has 0 heterocycles. The number of alkyl halides is 2. The van der Waals surface area contributed by atoms with Crippen molar-refractivity contribution < 1.29 is 27.4 Å². The third-order valence-corrected chi connectivity index (χ3v) is 4.13. The lowest BCUT2D eigenvalue weighted by atomic mass is 10.2. The summed E-state index contributed by atoms with van der Waals surface area (Å²) < 4.78 is 46.9. The minimum atomic E-state index is -2.97. The van der Waals surface area contributed by atoms with E-state index in [1.807, 2.05) is 0 Å². The summed E-state index contributed by atoms with van der Waals surface area (Å²) in [7, 11) is 1.35. The minimum Gasteiger partial charge on any atom is -0.493 e. The van der Waals surface area contributed by atoms with Crippen molar-refractivity contribution in [3.8, 4) is 11.5 Å². The molecule has 4 nitrogen and oxygen atoms in total. The summed E-state index contributed by atoms with van der Waals surface area (Å²) in [5.74, 6) is -0.328. The number of nitrogens with one attached hydrogen (secondary N) is 1. The fraction of sp³-hybridized carbons (Fsp3) is 0.235.